The lowest BCUT2D eigenvalue weighted by Gasteiger charge is -2.20. The maximum Gasteiger partial charge on any atom is 0.229 e. The predicted molar refractivity (Wildman–Crippen MR) is 94.1 cm³/mol. The van der Waals surface area contributed by atoms with Crippen molar-refractivity contribution < 1.29 is 0 Å². The zero-order chi connectivity index (χ0) is 15.9. The molecule has 0 fully saturated rings. The molecule has 2 aromatic rings. The second-order valence-corrected chi connectivity index (χ2v) is 5.19. The number of benzene rings is 1. The highest BCUT2D eigenvalue weighted by atomic mass is 15.2. The van der Waals surface area contributed by atoms with Gasteiger partial charge in [0.2, 0.25) is 5.95 Å². The molecule has 4 heteroatoms. The van der Waals surface area contributed by atoms with Crippen molar-refractivity contribution in [2.75, 3.05) is 23.3 Å². The number of aryl methyl sites for hydroxylation is 2. The molecule has 0 bridgehead atoms. The highest BCUT2D eigenvalue weighted by molar-refractivity contribution is 5.64. The molecular formula is C18H26N4. The number of para-hydroxylation sites is 1. The number of hydrogen-bond acceptors (Lipinski definition) is 4. The van der Waals surface area contributed by atoms with Crippen molar-refractivity contribution in [3.05, 3.63) is 41.6 Å². The fourth-order valence-corrected chi connectivity index (χ4v) is 2.65. The number of rotatable bonds is 7. The Morgan fingerprint density at radius 2 is 1.59 bits per heavy atom. The van der Waals surface area contributed by atoms with Crippen LogP contribution in [0.25, 0.3) is 0 Å². The fourth-order valence-electron chi connectivity index (χ4n) is 2.65. The summed E-state index contributed by atoms with van der Waals surface area (Å²) >= 11 is 0. The summed E-state index contributed by atoms with van der Waals surface area (Å²) in [6.07, 6.45) is 3.81. The average Bonchev–Trinajstić information content (AvgIpc) is 2.56. The summed E-state index contributed by atoms with van der Waals surface area (Å²) in [6.45, 7) is 10.5. The summed E-state index contributed by atoms with van der Waals surface area (Å²) in [7, 11) is 0. The zero-order valence-electron chi connectivity index (χ0n) is 14.1. The molecule has 0 aliphatic heterocycles. The van der Waals surface area contributed by atoms with E-state index in [-0.39, 0.29) is 0 Å². The van der Waals surface area contributed by atoms with Crippen LogP contribution >= 0.6 is 0 Å². The van der Waals surface area contributed by atoms with Crippen LogP contribution in [0.15, 0.2) is 30.5 Å². The fraction of sp³-hybridized carbons (Fsp3) is 0.444. The quantitative estimate of drug-likeness (QED) is 0.832. The molecule has 118 valence electrons. The maximum atomic E-state index is 4.66. The Balaban J connectivity index is 2.33. The van der Waals surface area contributed by atoms with E-state index < -0.39 is 0 Å². The molecule has 2 rings (SSSR count). The summed E-state index contributed by atoms with van der Waals surface area (Å²) in [5, 5.41) is 3.44. The second-order valence-electron chi connectivity index (χ2n) is 5.19. The van der Waals surface area contributed by atoms with Crippen LogP contribution in [0.1, 0.15) is 38.8 Å². The lowest BCUT2D eigenvalue weighted by Crippen LogP contribution is -2.23. The molecule has 1 aromatic carbocycles. The number of nitrogens with one attached hydrogen (secondary N) is 1. The van der Waals surface area contributed by atoms with Crippen LogP contribution in [0.2, 0.25) is 0 Å². The average molecular weight is 298 g/mol. The van der Waals surface area contributed by atoms with Crippen molar-refractivity contribution in [1.82, 2.24) is 9.97 Å². The summed E-state index contributed by atoms with van der Waals surface area (Å²) in [4.78, 5) is 11.3. The molecular weight excluding hydrogens is 272 g/mol. The zero-order valence-corrected chi connectivity index (χ0v) is 14.1. The van der Waals surface area contributed by atoms with E-state index in [0.717, 1.165) is 37.4 Å². The van der Waals surface area contributed by atoms with Gasteiger partial charge in [0.05, 0.1) is 0 Å². The van der Waals surface area contributed by atoms with Gasteiger partial charge < -0.3 is 10.2 Å². The van der Waals surface area contributed by atoms with Gasteiger partial charge in [0.25, 0.3) is 0 Å². The lowest BCUT2D eigenvalue weighted by molar-refractivity contribution is 0.843. The molecule has 0 aliphatic rings. The standard InChI is InChI=1S/C18H26N4/c1-5-14-10-9-11-15(6-2)17(14)21-18-19-13-12-16(20-18)22(7-3)8-4/h9-13H,5-8H2,1-4H3,(H,19,20,21). The third kappa shape index (κ3) is 3.56. The van der Waals surface area contributed by atoms with Crippen LogP contribution in [-0.4, -0.2) is 23.1 Å². The van der Waals surface area contributed by atoms with Gasteiger partial charge in [-0.2, -0.15) is 4.98 Å². The van der Waals surface area contributed by atoms with Gasteiger partial charge in [-0.3, -0.25) is 0 Å². The van der Waals surface area contributed by atoms with E-state index in [4.69, 9.17) is 0 Å². The van der Waals surface area contributed by atoms with Crippen LogP contribution in [0.5, 0.6) is 0 Å². The van der Waals surface area contributed by atoms with E-state index in [0.29, 0.717) is 5.95 Å². The third-order valence-corrected chi connectivity index (χ3v) is 3.96. The predicted octanol–water partition coefficient (Wildman–Crippen LogP) is 4.19. The van der Waals surface area contributed by atoms with Crippen LogP contribution in [0.4, 0.5) is 17.5 Å². The molecule has 0 saturated carbocycles. The van der Waals surface area contributed by atoms with Crippen molar-refractivity contribution >= 4 is 17.5 Å². The van der Waals surface area contributed by atoms with Gasteiger partial charge in [-0.15, -0.1) is 0 Å². The molecule has 0 saturated heterocycles. The number of hydrogen-bond donors (Lipinski definition) is 1. The second kappa shape index (κ2) is 7.78. The molecule has 1 aromatic heterocycles. The summed E-state index contributed by atoms with van der Waals surface area (Å²) < 4.78 is 0. The highest BCUT2D eigenvalue weighted by Gasteiger charge is 2.10. The summed E-state index contributed by atoms with van der Waals surface area (Å²) in [5.41, 5.74) is 3.76. The number of anilines is 3. The van der Waals surface area contributed by atoms with Gasteiger partial charge in [0.1, 0.15) is 5.82 Å². The highest BCUT2D eigenvalue weighted by Crippen LogP contribution is 2.25. The molecule has 1 heterocycles. The van der Waals surface area contributed by atoms with Crippen LogP contribution in [0, 0.1) is 0 Å². The minimum atomic E-state index is 0.667. The van der Waals surface area contributed by atoms with E-state index in [2.05, 4.69) is 66.1 Å². The Kier molecular flexibility index (Phi) is 5.75. The molecule has 1 N–H and O–H groups in total. The Hall–Kier alpha value is -2.10. The molecule has 22 heavy (non-hydrogen) atoms. The normalized spacial score (nSPS) is 10.5. The molecule has 0 unspecified atom stereocenters. The van der Waals surface area contributed by atoms with Gasteiger partial charge in [0.15, 0.2) is 0 Å². The Labute approximate surface area is 133 Å². The van der Waals surface area contributed by atoms with Crippen LogP contribution < -0.4 is 10.2 Å². The monoisotopic (exact) mass is 298 g/mol. The van der Waals surface area contributed by atoms with Gasteiger partial charge in [0, 0.05) is 25.0 Å². The SMILES string of the molecule is CCc1cccc(CC)c1Nc1nccc(N(CC)CC)n1. The van der Waals surface area contributed by atoms with Gasteiger partial charge in [-0.25, -0.2) is 4.98 Å². The first-order valence-electron chi connectivity index (χ1n) is 8.19. The van der Waals surface area contributed by atoms with Crippen molar-refractivity contribution in [2.24, 2.45) is 0 Å². The van der Waals surface area contributed by atoms with Crippen LogP contribution in [-0.2, 0) is 12.8 Å². The van der Waals surface area contributed by atoms with Gasteiger partial charge in [-0.05, 0) is 43.9 Å². The van der Waals surface area contributed by atoms with E-state index >= 15 is 0 Å². The first-order chi connectivity index (χ1) is 10.7. The molecule has 0 amide bonds. The van der Waals surface area contributed by atoms with Crippen LogP contribution in [0.3, 0.4) is 0 Å². The van der Waals surface area contributed by atoms with E-state index in [1.165, 1.54) is 11.1 Å². The van der Waals surface area contributed by atoms with Crippen molar-refractivity contribution in [1.29, 1.82) is 0 Å². The third-order valence-electron chi connectivity index (χ3n) is 3.96. The molecule has 0 spiro atoms. The lowest BCUT2D eigenvalue weighted by atomic mass is 10.0. The Morgan fingerprint density at radius 3 is 2.14 bits per heavy atom. The summed E-state index contributed by atoms with van der Waals surface area (Å²) in [6, 6.07) is 8.41. The Bertz CT molecular complexity index is 584. The largest absolute Gasteiger partial charge is 0.357 e. The molecule has 0 aliphatic carbocycles. The van der Waals surface area contributed by atoms with Crippen molar-refractivity contribution in [2.45, 2.75) is 40.5 Å². The van der Waals surface area contributed by atoms with E-state index in [9.17, 15) is 0 Å². The first kappa shape index (κ1) is 16.3. The van der Waals surface area contributed by atoms with E-state index in [1.54, 1.807) is 0 Å². The minimum Gasteiger partial charge on any atom is -0.357 e. The first-order valence-corrected chi connectivity index (χ1v) is 8.19. The topological polar surface area (TPSA) is 41.1 Å². The minimum absolute atomic E-state index is 0.667. The van der Waals surface area contributed by atoms with E-state index in [1.807, 2.05) is 12.3 Å². The maximum absolute atomic E-state index is 4.66. The van der Waals surface area contributed by atoms with Crippen molar-refractivity contribution in [3.8, 4) is 0 Å². The summed E-state index contributed by atoms with van der Waals surface area (Å²) in [5.74, 6) is 1.63. The molecule has 0 radical (unpaired) electrons. The van der Waals surface area contributed by atoms with Crippen molar-refractivity contribution in [3.63, 3.8) is 0 Å². The molecule has 4 nitrogen and oxygen atoms in total. The smallest absolute Gasteiger partial charge is 0.229 e. The Morgan fingerprint density at radius 1 is 0.955 bits per heavy atom. The van der Waals surface area contributed by atoms with Gasteiger partial charge >= 0.3 is 0 Å². The number of nitrogens with zero attached hydrogens (tertiary/aromatic N) is 3. The number of aromatic nitrogens is 2. The van der Waals surface area contributed by atoms with Gasteiger partial charge in [-0.1, -0.05) is 32.0 Å². The molecule has 0 atom stereocenters.